The van der Waals surface area contributed by atoms with Gasteiger partial charge in [0.25, 0.3) is 0 Å². The van der Waals surface area contributed by atoms with Crippen LogP contribution in [0.25, 0.3) is 0 Å². The molecule has 148 valence electrons. The quantitative estimate of drug-likeness (QED) is 0.748. The fourth-order valence-corrected chi connectivity index (χ4v) is 4.90. The summed E-state index contributed by atoms with van der Waals surface area (Å²) in [4.78, 5) is 9.84. The number of anilines is 1. The number of nitrogens with zero attached hydrogens (tertiary/aromatic N) is 3. The molecule has 1 aromatic heterocycles. The zero-order valence-corrected chi connectivity index (χ0v) is 18.0. The second-order valence-corrected chi connectivity index (χ2v) is 10.1. The Bertz CT molecular complexity index is 761. The molecule has 2 aliphatic heterocycles. The molecular formula is C24H34BN3. The van der Waals surface area contributed by atoms with E-state index in [0.717, 1.165) is 38.5 Å². The molecule has 4 heteroatoms. The average Bonchev–Trinajstić information content (AvgIpc) is 2.91. The smallest absolute Gasteiger partial charge is 0.179 e. The van der Waals surface area contributed by atoms with Gasteiger partial charge in [-0.1, -0.05) is 82.2 Å². The van der Waals surface area contributed by atoms with E-state index in [9.17, 15) is 0 Å². The normalized spacial score (nSPS) is 21.9. The first-order valence-electron chi connectivity index (χ1n) is 10.8. The SMILES string of the molecule is CC1(C)CB(c2ccc(N3CCN(Cc4ccccc4)CC3)nc2)CC1(C)C. The molecule has 0 radical (unpaired) electrons. The largest absolute Gasteiger partial charge is 0.354 e. The highest BCUT2D eigenvalue weighted by Gasteiger charge is 2.48. The molecule has 0 spiro atoms. The first kappa shape index (κ1) is 19.5. The molecule has 0 saturated carbocycles. The third kappa shape index (κ3) is 3.98. The van der Waals surface area contributed by atoms with Gasteiger partial charge in [-0.25, -0.2) is 4.98 Å². The zero-order valence-electron chi connectivity index (χ0n) is 18.0. The number of hydrogen-bond donors (Lipinski definition) is 0. The van der Waals surface area contributed by atoms with Crippen molar-refractivity contribution in [2.45, 2.75) is 46.9 Å². The Morgan fingerprint density at radius 1 is 0.857 bits per heavy atom. The summed E-state index contributed by atoms with van der Waals surface area (Å²) in [7, 11) is 0. The summed E-state index contributed by atoms with van der Waals surface area (Å²) in [5.74, 6) is 1.14. The van der Waals surface area contributed by atoms with Crippen LogP contribution in [-0.2, 0) is 6.54 Å². The summed E-state index contributed by atoms with van der Waals surface area (Å²) in [5.41, 5.74) is 3.61. The molecular weight excluding hydrogens is 341 g/mol. The highest BCUT2D eigenvalue weighted by atomic mass is 15.3. The molecule has 28 heavy (non-hydrogen) atoms. The Morgan fingerprint density at radius 3 is 2.07 bits per heavy atom. The minimum Gasteiger partial charge on any atom is -0.354 e. The predicted molar refractivity (Wildman–Crippen MR) is 121 cm³/mol. The summed E-state index contributed by atoms with van der Waals surface area (Å²) in [5, 5.41) is 0. The van der Waals surface area contributed by atoms with E-state index < -0.39 is 0 Å². The molecule has 0 unspecified atom stereocenters. The van der Waals surface area contributed by atoms with E-state index in [1.54, 1.807) is 0 Å². The zero-order chi connectivity index (χ0) is 19.8. The van der Waals surface area contributed by atoms with E-state index >= 15 is 0 Å². The van der Waals surface area contributed by atoms with Gasteiger partial charge < -0.3 is 4.90 Å². The van der Waals surface area contributed by atoms with Crippen LogP contribution in [0.15, 0.2) is 48.7 Å². The summed E-state index contributed by atoms with van der Waals surface area (Å²) in [6, 6.07) is 15.4. The number of piperazine rings is 1. The molecule has 3 nitrogen and oxygen atoms in total. The summed E-state index contributed by atoms with van der Waals surface area (Å²) in [6.07, 6.45) is 4.67. The van der Waals surface area contributed by atoms with Crippen molar-refractivity contribution >= 4 is 18.0 Å². The molecule has 0 atom stereocenters. The van der Waals surface area contributed by atoms with Crippen LogP contribution in [0.3, 0.4) is 0 Å². The van der Waals surface area contributed by atoms with Crippen LogP contribution in [0.4, 0.5) is 5.82 Å². The molecule has 4 rings (SSSR count). The van der Waals surface area contributed by atoms with Crippen molar-refractivity contribution < 1.29 is 0 Å². The van der Waals surface area contributed by atoms with Gasteiger partial charge in [-0.05, 0) is 22.5 Å². The lowest BCUT2D eigenvalue weighted by atomic mass is 9.42. The molecule has 2 aromatic rings. The van der Waals surface area contributed by atoms with Gasteiger partial charge in [0.15, 0.2) is 6.71 Å². The Hall–Kier alpha value is -1.81. The van der Waals surface area contributed by atoms with Crippen LogP contribution in [0, 0.1) is 10.8 Å². The highest BCUT2D eigenvalue weighted by Crippen LogP contribution is 2.52. The van der Waals surface area contributed by atoms with Gasteiger partial charge in [0, 0.05) is 38.9 Å². The maximum Gasteiger partial charge on any atom is 0.179 e. The van der Waals surface area contributed by atoms with Gasteiger partial charge in [0.05, 0.1) is 0 Å². The molecule has 0 amide bonds. The molecule has 0 aliphatic carbocycles. The first-order chi connectivity index (χ1) is 13.3. The molecule has 0 bridgehead atoms. The Balaban J connectivity index is 1.34. The molecule has 2 saturated heterocycles. The molecule has 0 N–H and O–H groups in total. The fraction of sp³-hybridized carbons (Fsp3) is 0.542. The average molecular weight is 375 g/mol. The number of aromatic nitrogens is 1. The van der Waals surface area contributed by atoms with Gasteiger partial charge in [-0.3, -0.25) is 4.90 Å². The topological polar surface area (TPSA) is 19.4 Å². The molecule has 2 aliphatic rings. The van der Waals surface area contributed by atoms with Crippen LogP contribution >= 0.6 is 0 Å². The Morgan fingerprint density at radius 2 is 1.50 bits per heavy atom. The summed E-state index contributed by atoms with van der Waals surface area (Å²) < 4.78 is 0. The third-order valence-corrected chi connectivity index (χ3v) is 7.53. The molecule has 1 aromatic carbocycles. The van der Waals surface area contributed by atoms with E-state index in [0.29, 0.717) is 17.5 Å². The van der Waals surface area contributed by atoms with Crippen LogP contribution in [0.5, 0.6) is 0 Å². The van der Waals surface area contributed by atoms with Crippen molar-refractivity contribution in [3.05, 3.63) is 54.2 Å². The lowest BCUT2D eigenvalue weighted by molar-refractivity contribution is 0.177. The van der Waals surface area contributed by atoms with Crippen molar-refractivity contribution in [2.75, 3.05) is 31.1 Å². The number of rotatable bonds is 4. The van der Waals surface area contributed by atoms with Crippen molar-refractivity contribution in [2.24, 2.45) is 10.8 Å². The van der Waals surface area contributed by atoms with Crippen molar-refractivity contribution in [3.63, 3.8) is 0 Å². The van der Waals surface area contributed by atoms with E-state index in [1.807, 2.05) is 0 Å². The summed E-state index contributed by atoms with van der Waals surface area (Å²) >= 11 is 0. The standard InChI is InChI=1S/C24H34BN3/c1-23(2)18-25(19-24(23,3)4)21-10-11-22(26-16-21)28-14-12-27(13-15-28)17-20-8-6-5-7-9-20/h5-11,16H,12-15,17-19H2,1-4H3. The monoisotopic (exact) mass is 375 g/mol. The maximum absolute atomic E-state index is 4.86. The van der Waals surface area contributed by atoms with Crippen LogP contribution in [0.1, 0.15) is 33.3 Å². The maximum atomic E-state index is 4.86. The van der Waals surface area contributed by atoms with Crippen LogP contribution in [0.2, 0.25) is 12.6 Å². The lowest BCUT2D eigenvalue weighted by Gasteiger charge is -2.35. The van der Waals surface area contributed by atoms with E-state index in [2.05, 4.69) is 86.2 Å². The molecule has 2 fully saturated rings. The summed E-state index contributed by atoms with van der Waals surface area (Å²) in [6.45, 7) is 15.7. The lowest BCUT2D eigenvalue weighted by Crippen LogP contribution is -2.46. The Labute approximate surface area is 171 Å². The van der Waals surface area contributed by atoms with Crippen molar-refractivity contribution in [1.82, 2.24) is 9.88 Å². The number of benzene rings is 1. The first-order valence-corrected chi connectivity index (χ1v) is 10.8. The predicted octanol–water partition coefficient (Wildman–Crippen LogP) is 4.17. The minimum absolute atomic E-state index is 0.394. The van der Waals surface area contributed by atoms with Crippen LogP contribution < -0.4 is 10.4 Å². The number of hydrogen-bond acceptors (Lipinski definition) is 3. The van der Waals surface area contributed by atoms with E-state index in [4.69, 9.17) is 4.98 Å². The third-order valence-electron chi connectivity index (χ3n) is 7.53. The van der Waals surface area contributed by atoms with E-state index in [-0.39, 0.29) is 0 Å². The van der Waals surface area contributed by atoms with Crippen LogP contribution in [-0.4, -0.2) is 42.8 Å². The second-order valence-electron chi connectivity index (χ2n) is 10.1. The van der Waals surface area contributed by atoms with Gasteiger partial charge in [-0.15, -0.1) is 0 Å². The van der Waals surface area contributed by atoms with Gasteiger partial charge in [0.1, 0.15) is 5.82 Å². The minimum atomic E-state index is 0.394. The van der Waals surface area contributed by atoms with Crippen molar-refractivity contribution in [1.29, 1.82) is 0 Å². The molecule has 3 heterocycles. The van der Waals surface area contributed by atoms with Gasteiger partial charge in [0.2, 0.25) is 0 Å². The van der Waals surface area contributed by atoms with E-state index in [1.165, 1.54) is 23.7 Å². The fourth-order valence-electron chi connectivity index (χ4n) is 4.90. The Kier molecular flexibility index (Phi) is 5.26. The van der Waals surface area contributed by atoms with Gasteiger partial charge >= 0.3 is 0 Å². The van der Waals surface area contributed by atoms with Gasteiger partial charge in [-0.2, -0.15) is 0 Å². The number of pyridine rings is 1. The van der Waals surface area contributed by atoms with Crippen molar-refractivity contribution in [3.8, 4) is 0 Å². The second kappa shape index (κ2) is 7.55. The highest BCUT2D eigenvalue weighted by molar-refractivity contribution is 6.74.